The molecule has 1 aliphatic heterocycles. The van der Waals surface area contributed by atoms with Crippen LogP contribution < -0.4 is 10.6 Å². The number of rotatable bonds is 2. The minimum Gasteiger partial charge on any atom is -0.350 e. The molecule has 96 valence electrons. The molecular weight excluding hydrogens is 246 g/mol. The number of halogens is 1. The van der Waals surface area contributed by atoms with Crippen LogP contribution in [0.25, 0.3) is 10.9 Å². The van der Waals surface area contributed by atoms with E-state index in [0.717, 1.165) is 31.1 Å². The van der Waals surface area contributed by atoms with Crippen LogP contribution in [0.5, 0.6) is 0 Å². The second kappa shape index (κ2) is 4.92. The number of benzene rings is 1. The van der Waals surface area contributed by atoms with Gasteiger partial charge in [-0.1, -0.05) is 17.7 Å². The maximum Gasteiger partial charge on any atom is 0.0495 e. The molecular formula is C14H18ClN3. The number of nitrogens with one attached hydrogen (secondary N) is 2. The molecule has 1 atom stereocenters. The Morgan fingerprint density at radius 3 is 3.06 bits per heavy atom. The number of aryl methyl sites for hydroxylation is 1. The van der Waals surface area contributed by atoms with E-state index in [2.05, 4.69) is 34.5 Å². The second-order valence-corrected chi connectivity index (χ2v) is 5.42. The van der Waals surface area contributed by atoms with E-state index in [9.17, 15) is 0 Å². The van der Waals surface area contributed by atoms with E-state index in [1.54, 1.807) is 0 Å². The van der Waals surface area contributed by atoms with E-state index < -0.39 is 0 Å². The van der Waals surface area contributed by atoms with Crippen molar-refractivity contribution in [2.45, 2.75) is 12.5 Å². The standard InChI is InChI=1S/C14H18ClN3/c1-18-9-10(6-12-8-16-4-5-17-12)13-3-2-11(15)7-14(13)18/h2-3,7,9,12,16-17H,4-6,8H2,1H3. The Labute approximate surface area is 112 Å². The van der Waals surface area contributed by atoms with Crippen LogP contribution in [-0.4, -0.2) is 30.2 Å². The first kappa shape index (κ1) is 12.0. The van der Waals surface area contributed by atoms with Gasteiger partial charge in [0.05, 0.1) is 0 Å². The molecule has 0 saturated carbocycles. The monoisotopic (exact) mass is 263 g/mol. The first-order chi connectivity index (χ1) is 8.74. The molecule has 1 aromatic heterocycles. The van der Waals surface area contributed by atoms with E-state index in [1.807, 2.05) is 12.1 Å². The van der Waals surface area contributed by atoms with Gasteiger partial charge >= 0.3 is 0 Å². The van der Waals surface area contributed by atoms with Gasteiger partial charge in [0.25, 0.3) is 0 Å². The van der Waals surface area contributed by atoms with Crippen molar-refractivity contribution < 1.29 is 0 Å². The Morgan fingerprint density at radius 1 is 1.39 bits per heavy atom. The van der Waals surface area contributed by atoms with Crippen LogP contribution in [-0.2, 0) is 13.5 Å². The van der Waals surface area contributed by atoms with E-state index in [0.29, 0.717) is 6.04 Å². The van der Waals surface area contributed by atoms with E-state index in [-0.39, 0.29) is 0 Å². The van der Waals surface area contributed by atoms with Crippen LogP contribution in [0.2, 0.25) is 5.02 Å². The zero-order valence-electron chi connectivity index (χ0n) is 10.5. The summed E-state index contributed by atoms with van der Waals surface area (Å²) in [5.41, 5.74) is 2.60. The highest BCUT2D eigenvalue weighted by Crippen LogP contribution is 2.25. The Bertz CT molecular complexity index is 555. The highest BCUT2D eigenvalue weighted by Gasteiger charge is 2.15. The van der Waals surface area contributed by atoms with Gasteiger partial charge in [-0.3, -0.25) is 0 Å². The SMILES string of the molecule is Cn1cc(CC2CNCCN2)c2ccc(Cl)cc21. The topological polar surface area (TPSA) is 29.0 Å². The first-order valence-electron chi connectivity index (χ1n) is 6.41. The molecule has 0 radical (unpaired) electrons. The largest absolute Gasteiger partial charge is 0.350 e. The van der Waals surface area contributed by atoms with Gasteiger partial charge in [-0.2, -0.15) is 0 Å². The van der Waals surface area contributed by atoms with Crippen molar-refractivity contribution >= 4 is 22.5 Å². The highest BCUT2D eigenvalue weighted by atomic mass is 35.5. The highest BCUT2D eigenvalue weighted by molar-refractivity contribution is 6.31. The first-order valence-corrected chi connectivity index (χ1v) is 6.79. The van der Waals surface area contributed by atoms with E-state index in [1.165, 1.54) is 16.5 Å². The molecule has 1 saturated heterocycles. The van der Waals surface area contributed by atoms with Gasteiger partial charge in [0.2, 0.25) is 0 Å². The summed E-state index contributed by atoms with van der Waals surface area (Å²) in [5.74, 6) is 0. The number of fused-ring (bicyclic) bond motifs is 1. The van der Waals surface area contributed by atoms with Crippen molar-refractivity contribution in [1.29, 1.82) is 0 Å². The lowest BCUT2D eigenvalue weighted by molar-refractivity contribution is 0.417. The molecule has 3 rings (SSSR count). The average molecular weight is 264 g/mol. The summed E-state index contributed by atoms with van der Waals surface area (Å²) < 4.78 is 2.16. The molecule has 2 N–H and O–H groups in total. The van der Waals surface area contributed by atoms with Crippen molar-refractivity contribution in [1.82, 2.24) is 15.2 Å². The van der Waals surface area contributed by atoms with Crippen LogP contribution >= 0.6 is 11.6 Å². The lowest BCUT2D eigenvalue weighted by Gasteiger charge is -2.24. The van der Waals surface area contributed by atoms with Crippen LogP contribution in [0.4, 0.5) is 0 Å². The summed E-state index contributed by atoms with van der Waals surface area (Å²) in [6.07, 6.45) is 3.28. The second-order valence-electron chi connectivity index (χ2n) is 4.99. The molecule has 2 heterocycles. The maximum atomic E-state index is 6.06. The summed E-state index contributed by atoms with van der Waals surface area (Å²) in [5, 5.41) is 9.10. The third kappa shape index (κ3) is 2.26. The molecule has 1 unspecified atom stereocenters. The van der Waals surface area contributed by atoms with Crippen molar-refractivity contribution in [3.63, 3.8) is 0 Å². The van der Waals surface area contributed by atoms with Crippen LogP contribution in [0.15, 0.2) is 24.4 Å². The molecule has 0 spiro atoms. The van der Waals surface area contributed by atoms with Crippen LogP contribution in [0, 0.1) is 0 Å². The van der Waals surface area contributed by atoms with Gasteiger partial charge in [0.15, 0.2) is 0 Å². The van der Waals surface area contributed by atoms with Gasteiger partial charge in [0.1, 0.15) is 0 Å². The van der Waals surface area contributed by atoms with Crippen LogP contribution in [0.1, 0.15) is 5.56 Å². The van der Waals surface area contributed by atoms with Crippen molar-refractivity contribution in [2.75, 3.05) is 19.6 Å². The number of aromatic nitrogens is 1. The fourth-order valence-electron chi connectivity index (χ4n) is 2.73. The molecule has 3 nitrogen and oxygen atoms in total. The van der Waals surface area contributed by atoms with Gasteiger partial charge in [-0.15, -0.1) is 0 Å². The fraction of sp³-hybridized carbons (Fsp3) is 0.429. The third-order valence-electron chi connectivity index (χ3n) is 3.63. The Kier molecular flexibility index (Phi) is 3.29. The quantitative estimate of drug-likeness (QED) is 0.867. The predicted octanol–water partition coefficient (Wildman–Crippen LogP) is 1.94. The van der Waals surface area contributed by atoms with E-state index >= 15 is 0 Å². The summed E-state index contributed by atoms with van der Waals surface area (Å²) in [6, 6.07) is 6.66. The molecule has 0 bridgehead atoms. The minimum absolute atomic E-state index is 0.528. The Balaban J connectivity index is 1.91. The lowest BCUT2D eigenvalue weighted by Crippen LogP contribution is -2.49. The van der Waals surface area contributed by atoms with Gasteiger partial charge in [0, 0.05) is 54.8 Å². The van der Waals surface area contributed by atoms with E-state index in [4.69, 9.17) is 11.6 Å². The normalized spacial score (nSPS) is 20.4. The Morgan fingerprint density at radius 2 is 2.28 bits per heavy atom. The lowest BCUT2D eigenvalue weighted by atomic mass is 10.0. The fourth-order valence-corrected chi connectivity index (χ4v) is 2.89. The predicted molar refractivity (Wildman–Crippen MR) is 76.3 cm³/mol. The maximum absolute atomic E-state index is 6.06. The van der Waals surface area contributed by atoms with Gasteiger partial charge in [-0.25, -0.2) is 0 Å². The third-order valence-corrected chi connectivity index (χ3v) is 3.86. The zero-order valence-corrected chi connectivity index (χ0v) is 11.3. The molecule has 1 fully saturated rings. The summed E-state index contributed by atoms with van der Waals surface area (Å²) in [6.45, 7) is 3.17. The zero-order chi connectivity index (χ0) is 12.5. The van der Waals surface area contributed by atoms with Crippen LogP contribution in [0.3, 0.4) is 0 Å². The molecule has 1 aromatic carbocycles. The molecule has 2 aromatic rings. The average Bonchev–Trinajstić information content (AvgIpc) is 2.67. The van der Waals surface area contributed by atoms with Crippen molar-refractivity contribution in [3.05, 3.63) is 35.0 Å². The number of nitrogens with zero attached hydrogens (tertiary/aromatic N) is 1. The summed E-state index contributed by atoms with van der Waals surface area (Å²) in [4.78, 5) is 0. The summed E-state index contributed by atoms with van der Waals surface area (Å²) >= 11 is 6.06. The molecule has 18 heavy (non-hydrogen) atoms. The van der Waals surface area contributed by atoms with Gasteiger partial charge in [-0.05, 0) is 24.1 Å². The van der Waals surface area contributed by atoms with Crippen molar-refractivity contribution in [3.8, 4) is 0 Å². The summed E-state index contributed by atoms with van der Waals surface area (Å²) in [7, 11) is 2.08. The number of hydrogen-bond acceptors (Lipinski definition) is 2. The van der Waals surface area contributed by atoms with Gasteiger partial charge < -0.3 is 15.2 Å². The molecule has 0 amide bonds. The minimum atomic E-state index is 0.528. The number of piperazine rings is 1. The molecule has 1 aliphatic rings. The molecule has 4 heteroatoms. The van der Waals surface area contributed by atoms with Crippen molar-refractivity contribution in [2.24, 2.45) is 7.05 Å². The number of hydrogen-bond donors (Lipinski definition) is 2. The molecule has 0 aliphatic carbocycles. The smallest absolute Gasteiger partial charge is 0.0495 e. The Hall–Kier alpha value is -1.03.